The lowest BCUT2D eigenvalue weighted by atomic mass is 9.91. The molecule has 3 fully saturated rings. The summed E-state index contributed by atoms with van der Waals surface area (Å²) < 4.78 is 14.0. The van der Waals surface area contributed by atoms with Gasteiger partial charge in [0, 0.05) is 45.5 Å². The summed E-state index contributed by atoms with van der Waals surface area (Å²) in [5.41, 5.74) is 6.98. The zero-order chi connectivity index (χ0) is 16.0. The molecule has 0 radical (unpaired) electrons. The summed E-state index contributed by atoms with van der Waals surface area (Å²) in [7, 11) is 0. The third-order valence-electron chi connectivity index (χ3n) is 5.61. The number of nitrogens with one attached hydrogen (secondary N) is 1. The number of rotatable bonds is 2. The second kappa shape index (κ2) is 5.70. The van der Waals surface area contributed by atoms with Gasteiger partial charge in [-0.1, -0.05) is 0 Å². The van der Waals surface area contributed by atoms with Crippen LogP contribution in [0.15, 0.2) is 23.4 Å². The average molecular weight is 321 g/mol. The molecule has 3 saturated heterocycles. The number of dihydropyridines is 1. The second-order valence-electron chi connectivity index (χ2n) is 6.97. The molecular formula is C16H24FN5O. The van der Waals surface area contributed by atoms with E-state index in [9.17, 15) is 9.18 Å². The first-order valence-corrected chi connectivity index (χ1v) is 8.47. The number of carbonyl (C=O) groups is 1. The molecule has 4 heterocycles. The first kappa shape index (κ1) is 14.8. The molecule has 3 atom stereocenters. The van der Waals surface area contributed by atoms with E-state index in [2.05, 4.69) is 10.2 Å². The van der Waals surface area contributed by atoms with Crippen molar-refractivity contribution in [2.75, 3.05) is 52.4 Å². The minimum Gasteiger partial charge on any atom is -0.399 e. The van der Waals surface area contributed by atoms with Crippen LogP contribution in [0, 0.1) is 11.8 Å². The van der Waals surface area contributed by atoms with E-state index in [1.807, 2.05) is 9.80 Å². The first-order valence-electron chi connectivity index (χ1n) is 8.47. The largest absolute Gasteiger partial charge is 0.399 e. The van der Waals surface area contributed by atoms with E-state index in [-0.39, 0.29) is 11.7 Å². The number of amides is 1. The van der Waals surface area contributed by atoms with Crippen LogP contribution >= 0.6 is 0 Å². The van der Waals surface area contributed by atoms with Gasteiger partial charge in [-0.05, 0) is 18.9 Å². The Labute approximate surface area is 135 Å². The number of piperidine rings is 1. The fourth-order valence-corrected chi connectivity index (χ4v) is 4.36. The normalized spacial score (nSPS) is 33.8. The molecule has 2 bridgehead atoms. The molecular weight excluding hydrogens is 297 g/mol. The van der Waals surface area contributed by atoms with Crippen molar-refractivity contribution < 1.29 is 9.18 Å². The van der Waals surface area contributed by atoms with E-state index in [0.29, 0.717) is 55.9 Å². The molecule has 126 valence electrons. The Hall–Kier alpha value is -1.76. The Morgan fingerprint density at radius 1 is 1.22 bits per heavy atom. The van der Waals surface area contributed by atoms with Crippen LogP contribution in [-0.4, -0.2) is 73.0 Å². The maximum atomic E-state index is 14.0. The van der Waals surface area contributed by atoms with E-state index in [0.717, 1.165) is 26.1 Å². The number of piperazine rings is 1. The average Bonchev–Trinajstić information content (AvgIpc) is 3.18. The molecule has 0 aromatic carbocycles. The van der Waals surface area contributed by atoms with Gasteiger partial charge in [0.15, 0.2) is 5.83 Å². The monoisotopic (exact) mass is 321 g/mol. The van der Waals surface area contributed by atoms with Gasteiger partial charge < -0.3 is 25.8 Å². The van der Waals surface area contributed by atoms with Crippen LogP contribution in [0.4, 0.5) is 4.39 Å². The molecule has 3 unspecified atom stereocenters. The fraction of sp³-hybridized carbons (Fsp3) is 0.688. The summed E-state index contributed by atoms with van der Waals surface area (Å²) in [5, 5.41) is 2.82. The van der Waals surface area contributed by atoms with Crippen molar-refractivity contribution in [3.63, 3.8) is 0 Å². The quantitative estimate of drug-likeness (QED) is 0.729. The van der Waals surface area contributed by atoms with E-state index in [1.54, 1.807) is 0 Å². The number of halogens is 1. The van der Waals surface area contributed by atoms with Crippen molar-refractivity contribution in [3.05, 3.63) is 23.4 Å². The molecule has 0 aromatic heterocycles. The molecule has 23 heavy (non-hydrogen) atoms. The van der Waals surface area contributed by atoms with Gasteiger partial charge in [-0.2, -0.15) is 0 Å². The topological polar surface area (TPSA) is 64.8 Å². The lowest BCUT2D eigenvalue weighted by Crippen LogP contribution is -2.52. The Bertz CT molecular complexity index is 567. The predicted molar refractivity (Wildman–Crippen MR) is 84.6 cm³/mol. The lowest BCUT2D eigenvalue weighted by Gasteiger charge is -2.39. The van der Waals surface area contributed by atoms with Crippen LogP contribution in [0.25, 0.3) is 0 Å². The number of hydrogen-bond donors (Lipinski definition) is 2. The van der Waals surface area contributed by atoms with Crippen molar-refractivity contribution in [2.24, 2.45) is 17.6 Å². The number of carbonyl (C=O) groups excluding carboxylic acids is 1. The Kier molecular flexibility index (Phi) is 3.67. The molecule has 3 N–H and O–H groups in total. The highest BCUT2D eigenvalue weighted by Crippen LogP contribution is 2.34. The summed E-state index contributed by atoms with van der Waals surface area (Å²) in [6.07, 6.45) is 2.52. The number of allylic oxidation sites excluding steroid dienone is 1. The fourth-order valence-electron chi connectivity index (χ4n) is 4.36. The second-order valence-corrected chi connectivity index (χ2v) is 6.97. The van der Waals surface area contributed by atoms with Crippen molar-refractivity contribution in [1.29, 1.82) is 0 Å². The molecule has 0 aliphatic carbocycles. The van der Waals surface area contributed by atoms with Gasteiger partial charge in [0.05, 0.1) is 23.9 Å². The molecule has 7 heteroatoms. The molecule has 0 spiro atoms. The smallest absolute Gasteiger partial charge is 0.227 e. The highest BCUT2D eigenvalue weighted by molar-refractivity contribution is 5.80. The van der Waals surface area contributed by atoms with Crippen LogP contribution in [0.5, 0.6) is 0 Å². The van der Waals surface area contributed by atoms with Gasteiger partial charge in [0.2, 0.25) is 5.91 Å². The van der Waals surface area contributed by atoms with Gasteiger partial charge in [-0.25, -0.2) is 4.39 Å². The van der Waals surface area contributed by atoms with Gasteiger partial charge in [-0.15, -0.1) is 0 Å². The van der Waals surface area contributed by atoms with Crippen molar-refractivity contribution in [1.82, 2.24) is 20.0 Å². The van der Waals surface area contributed by atoms with Crippen LogP contribution in [0.1, 0.15) is 6.42 Å². The summed E-state index contributed by atoms with van der Waals surface area (Å²) in [5.74, 6) is 0.702. The molecule has 6 nitrogen and oxygen atoms in total. The van der Waals surface area contributed by atoms with E-state index >= 15 is 0 Å². The SMILES string of the molecule is NC1=C(N2CCN(C(=O)C3CN4CCC3C4)CC2)C(F)=CNC1. The standard InChI is InChI=1S/C16H24FN5O/c17-13-7-19-8-14(18)15(13)21-3-5-22(6-4-21)16(23)12-10-20-2-1-11(12)9-20/h7,11-12,19H,1-6,8-10,18H2. The van der Waals surface area contributed by atoms with Crippen molar-refractivity contribution >= 4 is 5.91 Å². The molecule has 4 rings (SSSR count). The summed E-state index contributed by atoms with van der Waals surface area (Å²) >= 11 is 0. The van der Waals surface area contributed by atoms with Crippen LogP contribution in [0.3, 0.4) is 0 Å². The molecule has 4 aliphatic rings. The van der Waals surface area contributed by atoms with Crippen LogP contribution in [0.2, 0.25) is 0 Å². The maximum Gasteiger partial charge on any atom is 0.227 e. The molecule has 4 aliphatic heterocycles. The molecule has 0 saturated carbocycles. The van der Waals surface area contributed by atoms with E-state index in [4.69, 9.17) is 5.73 Å². The van der Waals surface area contributed by atoms with E-state index in [1.165, 1.54) is 6.20 Å². The highest BCUT2D eigenvalue weighted by Gasteiger charge is 2.43. The zero-order valence-electron chi connectivity index (χ0n) is 13.3. The number of nitrogens with two attached hydrogens (primary N) is 1. The predicted octanol–water partition coefficient (Wildman–Crippen LogP) is -0.333. The van der Waals surface area contributed by atoms with Crippen LogP contribution < -0.4 is 11.1 Å². The first-order chi connectivity index (χ1) is 11.1. The van der Waals surface area contributed by atoms with Gasteiger partial charge >= 0.3 is 0 Å². The van der Waals surface area contributed by atoms with Gasteiger partial charge in [-0.3, -0.25) is 4.79 Å². The maximum absolute atomic E-state index is 14.0. The zero-order valence-corrected chi connectivity index (χ0v) is 13.3. The number of nitrogens with zero attached hydrogens (tertiary/aromatic N) is 3. The molecule has 1 amide bonds. The van der Waals surface area contributed by atoms with Crippen molar-refractivity contribution in [2.45, 2.75) is 6.42 Å². The Morgan fingerprint density at radius 2 is 2.00 bits per heavy atom. The van der Waals surface area contributed by atoms with Gasteiger partial charge in [0.1, 0.15) is 0 Å². The Balaban J connectivity index is 1.38. The third kappa shape index (κ3) is 2.56. The van der Waals surface area contributed by atoms with E-state index < -0.39 is 0 Å². The minimum atomic E-state index is -0.311. The summed E-state index contributed by atoms with van der Waals surface area (Å²) in [6.45, 7) is 6.22. The lowest BCUT2D eigenvalue weighted by molar-refractivity contribution is -0.138. The summed E-state index contributed by atoms with van der Waals surface area (Å²) in [6, 6.07) is 0. The number of fused-ring (bicyclic) bond motifs is 2. The molecule has 0 aromatic rings. The van der Waals surface area contributed by atoms with Gasteiger partial charge in [0.25, 0.3) is 0 Å². The van der Waals surface area contributed by atoms with Crippen molar-refractivity contribution in [3.8, 4) is 0 Å². The summed E-state index contributed by atoms with van der Waals surface area (Å²) in [4.78, 5) is 19.1. The Morgan fingerprint density at radius 3 is 2.61 bits per heavy atom. The highest BCUT2D eigenvalue weighted by atomic mass is 19.1. The minimum absolute atomic E-state index is 0.176. The number of hydrogen-bond acceptors (Lipinski definition) is 5. The third-order valence-corrected chi connectivity index (χ3v) is 5.61. The van der Waals surface area contributed by atoms with Crippen LogP contribution in [-0.2, 0) is 4.79 Å².